The zero-order valence-corrected chi connectivity index (χ0v) is 50.0. The Balaban J connectivity index is 0.000000255. The van der Waals surface area contributed by atoms with E-state index in [0.29, 0.717) is 0 Å². The van der Waals surface area contributed by atoms with Crippen LogP contribution in [0, 0.1) is 6.07 Å². The molecule has 0 bridgehead atoms. The molecule has 0 saturated carbocycles. The summed E-state index contributed by atoms with van der Waals surface area (Å²) < 4.78 is 0.606. The predicted molar refractivity (Wildman–Crippen MR) is 338 cm³/mol. The molecule has 378 valence electrons. The van der Waals surface area contributed by atoms with Crippen LogP contribution in [0.3, 0.4) is 0 Å². The molecule has 0 unspecified atom stereocenters. The summed E-state index contributed by atoms with van der Waals surface area (Å²) in [6, 6.07) is 109. The summed E-state index contributed by atoms with van der Waals surface area (Å²) in [5, 5.41) is 0. The fraction of sp³-hybridized carbons (Fsp3) is 0.0294. The third-order valence-electron chi connectivity index (χ3n) is 10.7. The maximum Gasteiger partial charge on any atom is 2.00 e. The SMILES string of the molecule is Brc1ccc(-c2ccc(-c3ccccc3)cc2)cc1.Brc1ccc(-c2ccc(-c3ccccc3)cc2)cc1.C.ClC(Cl)(Cl)Cl.[Br-].[Mg+2].[c-]1ccccc1.c1ccc(-c2ccc(-c3ccccc3)cc2)cc1.c1ccccc1. The molecule has 8 heteroatoms. The van der Waals surface area contributed by atoms with Gasteiger partial charge in [-0.25, -0.2) is 0 Å². The zero-order chi connectivity index (χ0) is 51.4. The summed E-state index contributed by atoms with van der Waals surface area (Å²) in [6.45, 7) is 0. The summed E-state index contributed by atoms with van der Waals surface area (Å²) in [4.78, 5) is 0. The van der Waals surface area contributed by atoms with Gasteiger partial charge in [-0.1, -0.05) is 340 Å². The van der Waals surface area contributed by atoms with Crippen molar-refractivity contribution in [3.8, 4) is 66.8 Å². The van der Waals surface area contributed by atoms with Gasteiger partial charge in [0.15, 0.2) is 0 Å². The van der Waals surface area contributed by atoms with E-state index in [1.807, 2.05) is 91.0 Å². The summed E-state index contributed by atoms with van der Waals surface area (Å²) >= 11 is 26.2. The fourth-order valence-corrected chi connectivity index (χ4v) is 7.63. The monoisotopic (exact) mass is 1270 g/mol. The van der Waals surface area contributed by atoms with Gasteiger partial charge < -0.3 is 17.0 Å². The minimum Gasteiger partial charge on any atom is -1.00 e. The summed E-state index contributed by atoms with van der Waals surface area (Å²) in [7, 11) is 0. The van der Waals surface area contributed by atoms with E-state index in [9.17, 15) is 0 Å². The van der Waals surface area contributed by atoms with Crippen LogP contribution in [-0.2, 0) is 0 Å². The molecule has 76 heavy (non-hydrogen) atoms. The van der Waals surface area contributed by atoms with Gasteiger partial charge in [0.05, 0.1) is 0 Å². The van der Waals surface area contributed by atoms with E-state index in [1.165, 1.54) is 66.8 Å². The number of hydrogen-bond donors (Lipinski definition) is 0. The largest absolute Gasteiger partial charge is 2.00 e. The molecule has 0 N–H and O–H groups in total. The number of benzene rings is 11. The van der Waals surface area contributed by atoms with Crippen LogP contribution in [0.2, 0.25) is 0 Å². The summed E-state index contributed by atoms with van der Waals surface area (Å²) in [5.41, 5.74) is 15.0. The third kappa shape index (κ3) is 24.8. The maximum atomic E-state index is 4.83. The van der Waals surface area contributed by atoms with Crippen molar-refractivity contribution in [2.24, 2.45) is 0 Å². The van der Waals surface area contributed by atoms with Crippen LogP contribution in [0.25, 0.3) is 66.8 Å². The molecule has 0 aliphatic rings. The Morgan fingerprint density at radius 3 is 0.513 bits per heavy atom. The minimum atomic E-state index is -1.61. The molecule has 0 amide bonds. The molecule has 11 aromatic carbocycles. The van der Waals surface area contributed by atoms with Gasteiger partial charge >= 0.3 is 23.1 Å². The van der Waals surface area contributed by atoms with Gasteiger partial charge in [-0.2, -0.15) is 36.4 Å². The first kappa shape index (κ1) is 65.1. The molecule has 0 nitrogen and oxygen atoms in total. The van der Waals surface area contributed by atoms with Crippen molar-refractivity contribution in [1.29, 1.82) is 0 Å². The molecule has 0 atom stereocenters. The van der Waals surface area contributed by atoms with Crippen LogP contribution < -0.4 is 17.0 Å². The first-order valence-electron chi connectivity index (χ1n) is 23.3. The van der Waals surface area contributed by atoms with Gasteiger partial charge in [0.2, 0.25) is 0 Å². The molecule has 0 fully saturated rings. The summed E-state index contributed by atoms with van der Waals surface area (Å²) in [5.74, 6) is 0. The van der Waals surface area contributed by atoms with Crippen molar-refractivity contribution in [2.45, 2.75) is 10.7 Å². The van der Waals surface area contributed by atoms with E-state index in [1.54, 1.807) is 0 Å². The van der Waals surface area contributed by atoms with Crippen LogP contribution >= 0.6 is 78.3 Å². The molecule has 0 aliphatic heterocycles. The predicted octanol–water partition coefficient (Wildman–Crippen LogP) is 19.6. The molecule has 0 saturated heterocycles. The quantitative estimate of drug-likeness (QED) is 0.0884. The minimum absolute atomic E-state index is 0. The second kappa shape index (κ2) is 36.8. The summed E-state index contributed by atoms with van der Waals surface area (Å²) in [6.07, 6.45) is 0. The molecular formula is C68H55Br3Cl4Mg. The van der Waals surface area contributed by atoms with Crippen LogP contribution in [0.1, 0.15) is 7.43 Å². The Morgan fingerprint density at radius 2 is 0.368 bits per heavy atom. The Hall–Kier alpha value is -5.21. The fourth-order valence-electron chi connectivity index (χ4n) is 7.10. The van der Waals surface area contributed by atoms with Gasteiger partial charge in [-0.05, 0) is 91.0 Å². The van der Waals surface area contributed by atoms with Gasteiger partial charge in [0.25, 0.3) is 3.25 Å². The molecule has 0 aliphatic carbocycles. The molecule has 11 aromatic rings. The molecular weight excluding hydrogens is 1220 g/mol. The topological polar surface area (TPSA) is 0 Å². The van der Waals surface area contributed by atoms with Crippen molar-refractivity contribution in [3.05, 3.63) is 324 Å². The second-order valence-electron chi connectivity index (χ2n) is 15.9. The van der Waals surface area contributed by atoms with Crippen molar-refractivity contribution in [2.75, 3.05) is 0 Å². The van der Waals surface area contributed by atoms with Crippen molar-refractivity contribution < 1.29 is 17.0 Å². The maximum absolute atomic E-state index is 4.83. The normalized spacial score (nSPS) is 9.66. The number of halogens is 7. The van der Waals surface area contributed by atoms with Crippen molar-refractivity contribution >= 4 is 101 Å². The number of alkyl halides is 4. The Bertz CT molecular complexity index is 2880. The van der Waals surface area contributed by atoms with E-state index in [4.69, 9.17) is 46.4 Å². The Kier molecular flexibility index (Phi) is 31.5. The number of rotatable bonds is 6. The van der Waals surface area contributed by atoms with Crippen LogP contribution in [0.15, 0.2) is 318 Å². The first-order valence-corrected chi connectivity index (χ1v) is 26.4. The molecule has 0 radical (unpaired) electrons. The Morgan fingerprint density at radius 1 is 0.237 bits per heavy atom. The molecule has 0 heterocycles. The smallest absolute Gasteiger partial charge is 1.00 e. The molecule has 0 spiro atoms. The average molecular weight is 1280 g/mol. The van der Waals surface area contributed by atoms with E-state index in [2.05, 4.69) is 256 Å². The molecule has 0 aromatic heterocycles. The van der Waals surface area contributed by atoms with E-state index in [-0.39, 0.29) is 47.5 Å². The van der Waals surface area contributed by atoms with Crippen molar-refractivity contribution in [1.82, 2.24) is 0 Å². The van der Waals surface area contributed by atoms with Gasteiger partial charge in [0.1, 0.15) is 0 Å². The third-order valence-corrected chi connectivity index (χ3v) is 11.8. The molecule has 11 rings (SSSR count). The van der Waals surface area contributed by atoms with E-state index < -0.39 is 3.25 Å². The van der Waals surface area contributed by atoms with Crippen LogP contribution in [-0.4, -0.2) is 26.3 Å². The number of hydrogen-bond acceptors (Lipinski definition) is 0. The van der Waals surface area contributed by atoms with Gasteiger partial charge in [-0.15, -0.1) is 0 Å². The van der Waals surface area contributed by atoms with Crippen LogP contribution in [0.5, 0.6) is 0 Å². The first-order chi connectivity index (χ1) is 35.6. The second-order valence-corrected chi connectivity index (χ2v) is 21.1. The Labute approximate surface area is 514 Å². The van der Waals surface area contributed by atoms with Gasteiger partial charge in [0, 0.05) is 8.95 Å². The van der Waals surface area contributed by atoms with E-state index in [0.717, 1.165) is 8.95 Å². The zero-order valence-electron chi connectivity index (χ0n) is 40.8. The van der Waals surface area contributed by atoms with Gasteiger partial charge in [-0.3, -0.25) is 0 Å². The van der Waals surface area contributed by atoms with Crippen LogP contribution in [0.4, 0.5) is 0 Å². The standard InChI is InChI=1S/2C18H13Br.C18H14.C6H6.C6H5.CCl4.CH4.BrH.Mg/c2*19-18-12-10-17(11-13-18)16-8-6-15(7-9-16)14-4-2-1-3-5-14;1-3-7-15(8-4-1)17-11-13-18(14-12-17)16-9-5-2-6-10-16;2*1-2-4-6-5-3-1;2-1(3,4)5;;;/h2*1-13H;1-14H;1-6H;1-5H;;1H4;1H;/q;;;;-1;;;;+2/p-1. The van der Waals surface area contributed by atoms with E-state index >= 15 is 0 Å². The average Bonchev–Trinajstić information content (AvgIpc) is 3.46. The van der Waals surface area contributed by atoms with Crippen molar-refractivity contribution in [3.63, 3.8) is 0 Å².